The highest BCUT2D eigenvalue weighted by Crippen LogP contribution is 2.28. The summed E-state index contributed by atoms with van der Waals surface area (Å²) in [4.78, 5) is 12.4. The van der Waals surface area contributed by atoms with Crippen LogP contribution in [0.15, 0.2) is 57.9 Å². The van der Waals surface area contributed by atoms with E-state index >= 15 is 0 Å². The lowest BCUT2D eigenvalue weighted by molar-refractivity contribution is 0.101. The molecular formula is C20H19ClFN3O4S. The van der Waals surface area contributed by atoms with Gasteiger partial charge in [0.15, 0.2) is 11.5 Å². The minimum atomic E-state index is -3.82. The Morgan fingerprint density at radius 1 is 1.17 bits per heavy atom. The lowest BCUT2D eigenvalue weighted by Gasteiger charge is -2.19. The Morgan fingerprint density at radius 2 is 1.87 bits per heavy atom. The van der Waals surface area contributed by atoms with Gasteiger partial charge in [0.2, 0.25) is 10.0 Å². The molecule has 158 valence electrons. The summed E-state index contributed by atoms with van der Waals surface area (Å²) in [6, 6.07) is 11.4. The van der Waals surface area contributed by atoms with Crippen molar-refractivity contribution in [2.45, 2.75) is 18.7 Å². The molecule has 1 heterocycles. The summed E-state index contributed by atoms with van der Waals surface area (Å²) >= 11 is 6.10. The third-order valence-electron chi connectivity index (χ3n) is 4.39. The maximum Gasteiger partial charge on any atom is 0.277 e. The van der Waals surface area contributed by atoms with E-state index in [0.29, 0.717) is 0 Å². The van der Waals surface area contributed by atoms with Crippen LogP contribution in [0.4, 0.5) is 10.1 Å². The molecule has 0 fully saturated rings. The fourth-order valence-corrected chi connectivity index (χ4v) is 4.81. The second-order valence-corrected chi connectivity index (χ2v) is 8.56. The van der Waals surface area contributed by atoms with Crippen LogP contribution in [0.2, 0.25) is 5.02 Å². The lowest BCUT2D eigenvalue weighted by atomic mass is 10.1. The molecule has 0 saturated carbocycles. The minimum Gasteiger partial charge on any atom is -0.355 e. The maximum absolute atomic E-state index is 13.9. The molecule has 0 saturated heterocycles. The molecule has 0 aliphatic carbocycles. The van der Waals surface area contributed by atoms with E-state index in [0.717, 1.165) is 0 Å². The second kappa shape index (κ2) is 8.95. The molecule has 0 aliphatic heterocycles. The van der Waals surface area contributed by atoms with Crippen molar-refractivity contribution in [3.05, 3.63) is 65.1 Å². The van der Waals surface area contributed by atoms with Crippen LogP contribution in [0, 0.1) is 5.82 Å². The van der Waals surface area contributed by atoms with Crippen molar-refractivity contribution in [3.63, 3.8) is 0 Å². The van der Waals surface area contributed by atoms with Crippen molar-refractivity contribution in [1.29, 1.82) is 0 Å². The standard InChI is InChI=1S/C20H19ClFN3O4S/c1-3-25(4-2)30(27,28)19-11-13(9-10-15(19)21)23-20(26)17-12-18(29-24-17)14-7-5-6-8-16(14)22/h5-12H,3-4H2,1-2H3,(H,23,26). The van der Waals surface area contributed by atoms with Crippen LogP contribution in [-0.2, 0) is 10.0 Å². The van der Waals surface area contributed by atoms with Crippen molar-refractivity contribution >= 4 is 33.2 Å². The molecule has 1 N–H and O–H groups in total. The largest absolute Gasteiger partial charge is 0.355 e. The Balaban J connectivity index is 1.86. The molecule has 0 spiro atoms. The molecule has 3 rings (SSSR count). The third kappa shape index (κ3) is 4.38. The predicted octanol–water partition coefficient (Wildman–Crippen LogP) is 4.42. The highest BCUT2D eigenvalue weighted by Gasteiger charge is 2.25. The summed E-state index contributed by atoms with van der Waals surface area (Å²) < 4.78 is 45.8. The van der Waals surface area contributed by atoms with Gasteiger partial charge in [-0.2, -0.15) is 4.31 Å². The topological polar surface area (TPSA) is 92.5 Å². The number of amides is 1. The van der Waals surface area contributed by atoms with Gasteiger partial charge in [-0.15, -0.1) is 0 Å². The van der Waals surface area contributed by atoms with E-state index < -0.39 is 21.7 Å². The van der Waals surface area contributed by atoms with E-state index in [2.05, 4.69) is 10.5 Å². The number of aromatic nitrogens is 1. The number of anilines is 1. The van der Waals surface area contributed by atoms with E-state index in [-0.39, 0.29) is 45.7 Å². The number of rotatable bonds is 7. The number of hydrogen-bond donors (Lipinski definition) is 1. The van der Waals surface area contributed by atoms with E-state index in [1.54, 1.807) is 19.9 Å². The van der Waals surface area contributed by atoms with Gasteiger partial charge in [-0.1, -0.05) is 42.7 Å². The van der Waals surface area contributed by atoms with E-state index in [9.17, 15) is 17.6 Å². The normalized spacial score (nSPS) is 11.6. The zero-order valence-electron chi connectivity index (χ0n) is 16.2. The first kappa shape index (κ1) is 21.9. The van der Waals surface area contributed by atoms with Gasteiger partial charge in [-0.05, 0) is 30.3 Å². The average Bonchev–Trinajstić information content (AvgIpc) is 3.20. The van der Waals surface area contributed by atoms with Gasteiger partial charge in [-0.3, -0.25) is 4.79 Å². The van der Waals surface area contributed by atoms with E-state index in [1.807, 2.05) is 0 Å². The number of hydrogen-bond acceptors (Lipinski definition) is 5. The van der Waals surface area contributed by atoms with Crippen LogP contribution in [0.25, 0.3) is 11.3 Å². The third-order valence-corrected chi connectivity index (χ3v) is 6.93. The van der Waals surface area contributed by atoms with Gasteiger partial charge in [0, 0.05) is 24.8 Å². The van der Waals surface area contributed by atoms with Gasteiger partial charge in [0.05, 0.1) is 10.6 Å². The highest BCUT2D eigenvalue weighted by molar-refractivity contribution is 7.89. The summed E-state index contributed by atoms with van der Waals surface area (Å²) in [5.41, 5.74) is 0.296. The van der Waals surface area contributed by atoms with Gasteiger partial charge >= 0.3 is 0 Å². The molecule has 1 amide bonds. The van der Waals surface area contributed by atoms with E-state index in [1.165, 1.54) is 46.8 Å². The van der Waals surface area contributed by atoms with Gasteiger partial charge < -0.3 is 9.84 Å². The second-order valence-electron chi connectivity index (χ2n) is 6.24. The van der Waals surface area contributed by atoms with Crippen LogP contribution in [-0.4, -0.2) is 36.9 Å². The van der Waals surface area contributed by atoms with Crippen LogP contribution in [0.1, 0.15) is 24.3 Å². The predicted molar refractivity (Wildman–Crippen MR) is 111 cm³/mol. The Morgan fingerprint density at radius 3 is 2.53 bits per heavy atom. The molecule has 1 aromatic heterocycles. The van der Waals surface area contributed by atoms with Crippen LogP contribution in [0.5, 0.6) is 0 Å². The molecule has 2 aromatic carbocycles. The molecule has 7 nitrogen and oxygen atoms in total. The zero-order chi connectivity index (χ0) is 21.9. The van der Waals surface area contributed by atoms with Crippen molar-refractivity contribution in [1.82, 2.24) is 9.46 Å². The molecule has 0 aliphatic rings. The Kier molecular flexibility index (Phi) is 6.55. The maximum atomic E-state index is 13.9. The first-order valence-corrected chi connectivity index (χ1v) is 10.9. The smallest absolute Gasteiger partial charge is 0.277 e. The lowest BCUT2D eigenvalue weighted by Crippen LogP contribution is -2.30. The SMILES string of the molecule is CCN(CC)S(=O)(=O)c1cc(NC(=O)c2cc(-c3ccccc3F)on2)ccc1Cl. The molecule has 0 unspecified atom stereocenters. The minimum absolute atomic E-state index is 0.0446. The summed E-state index contributed by atoms with van der Waals surface area (Å²) in [7, 11) is -3.82. The van der Waals surface area contributed by atoms with Gasteiger partial charge in [0.25, 0.3) is 5.91 Å². The molecule has 3 aromatic rings. The number of halogens is 2. The summed E-state index contributed by atoms with van der Waals surface area (Å²) in [6.45, 7) is 4.00. The summed E-state index contributed by atoms with van der Waals surface area (Å²) in [6.07, 6.45) is 0. The van der Waals surface area contributed by atoms with Crippen LogP contribution >= 0.6 is 11.6 Å². The number of nitrogens with one attached hydrogen (secondary N) is 1. The van der Waals surface area contributed by atoms with Crippen molar-refractivity contribution < 1.29 is 22.1 Å². The Hall–Kier alpha value is -2.75. The van der Waals surface area contributed by atoms with Crippen LogP contribution < -0.4 is 5.32 Å². The first-order chi connectivity index (χ1) is 14.3. The highest BCUT2D eigenvalue weighted by atomic mass is 35.5. The van der Waals surface area contributed by atoms with Crippen LogP contribution in [0.3, 0.4) is 0 Å². The molecule has 0 bridgehead atoms. The van der Waals surface area contributed by atoms with Gasteiger partial charge in [-0.25, -0.2) is 12.8 Å². The van der Waals surface area contributed by atoms with E-state index in [4.69, 9.17) is 16.1 Å². The van der Waals surface area contributed by atoms with Crippen molar-refractivity contribution in [2.24, 2.45) is 0 Å². The summed E-state index contributed by atoms with van der Waals surface area (Å²) in [5.74, 6) is -1.06. The average molecular weight is 452 g/mol. The molecule has 30 heavy (non-hydrogen) atoms. The summed E-state index contributed by atoms with van der Waals surface area (Å²) in [5, 5.41) is 6.27. The Labute approximate surface area is 178 Å². The number of sulfonamides is 1. The van der Waals surface area contributed by atoms with Gasteiger partial charge in [0.1, 0.15) is 10.7 Å². The quantitative estimate of drug-likeness (QED) is 0.574. The van der Waals surface area contributed by atoms with Crippen molar-refractivity contribution in [2.75, 3.05) is 18.4 Å². The number of nitrogens with zero attached hydrogens (tertiary/aromatic N) is 2. The molecule has 0 atom stereocenters. The first-order valence-electron chi connectivity index (χ1n) is 9.10. The Bertz CT molecular complexity index is 1180. The number of carbonyl (C=O) groups excluding carboxylic acids is 1. The fraction of sp³-hybridized carbons (Fsp3) is 0.200. The zero-order valence-corrected chi connectivity index (χ0v) is 17.8. The number of carbonyl (C=O) groups is 1. The molecule has 0 radical (unpaired) electrons. The molecular weight excluding hydrogens is 433 g/mol. The van der Waals surface area contributed by atoms with Crippen molar-refractivity contribution in [3.8, 4) is 11.3 Å². The number of benzene rings is 2. The molecule has 10 heteroatoms. The fourth-order valence-electron chi connectivity index (χ4n) is 2.85. The monoisotopic (exact) mass is 451 g/mol.